The highest BCUT2D eigenvalue weighted by molar-refractivity contribution is 5.82. The molecular weight excluding hydrogens is 206 g/mol. The molecule has 0 bridgehead atoms. The van der Waals surface area contributed by atoms with Crippen LogP contribution in [-0.2, 0) is 4.74 Å². The maximum absolute atomic E-state index is 10.7. The van der Waals surface area contributed by atoms with Gasteiger partial charge in [0.15, 0.2) is 6.29 Å². The van der Waals surface area contributed by atoms with Crippen molar-refractivity contribution in [1.29, 1.82) is 0 Å². The molecule has 3 heterocycles. The van der Waals surface area contributed by atoms with Crippen LogP contribution in [0.3, 0.4) is 0 Å². The summed E-state index contributed by atoms with van der Waals surface area (Å²) in [7, 11) is 0. The Balaban J connectivity index is 2.20. The molecule has 16 heavy (non-hydrogen) atoms. The molecule has 0 spiro atoms. The Labute approximate surface area is 92.0 Å². The van der Waals surface area contributed by atoms with Crippen molar-refractivity contribution >= 4 is 17.3 Å². The Morgan fingerprint density at radius 1 is 1.50 bits per heavy atom. The molecule has 1 aliphatic heterocycles. The minimum atomic E-state index is 0.306. The summed E-state index contributed by atoms with van der Waals surface area (Å²) in [6.07, 6.45) is 0.753. The maximum atomic E-state index is 10.7. The number of carbonyl (C=O) groups excluding carboxylic acids is 1. The van der Waals surface area contributed by atoms with E-state index in [2.05, 4.69) is 10.1 Å². The molecule has 0 atom stereocenters. The molecule has 2 aromatic rings. The monoisotopic (exact) mass is 217 g/mol. The second-order valence-corrected chi connectivity index (χ2v) is 3.94. The lowest BCUT2D eigenvalue weighted by atomic mass is 10.2. The Morgan fingerprint density at radius 2 is 2.31 bits per heavy atom. The van der Waals surface area contributed by atoms with Crippen LogP contribution in [0.2, 0.25) is 0 Å². The number of aromatic nitrogens is 3. The van der Waals surface area contributed by atoms with Gasteiger partial charge in [-0.1, -0.05) is 0 Å². The highest BCUT2D eigenvalue weighted by Gasteiger charge is 2.24. The largest absolute Gasteiger partial charge is 0.377 e. The number of ether oxygens (including phenoxy) is 1. The van der Waals surface area contributed by atoms with Gasteiger partial charge in [-0.3, -0.25) is 9.48 Å². The van der Waals surface area contributed by atoms with Gasteiger partial charge in [0.25, 0.3) is 0 Å². The van der Waals surface area contributed by atoms with Crippen molar-refractivity contribution in [3.8, 4) is 0 Å². The van der Waals surface area contributed by atoms with E-state index in [4.69, 9.17) is 4.74 Å². The molecule has 1 saturated heterocycles. The van der Waals surface area contributed by atoms with E-state index in [1.165, 1.54) is 0 Å². The first-order chi connectivity index (χ1) is 7.79. The maximum Gasteiger partial charge on any atom is 0.168 e. The second-order valence-electron chi connectivity index (χ2n) is 3.94. The van der Waals surface area contributed by atoms with Crippen molar-refractivity contribution < 1.29 is 9.53 Å². The van der Waals surface area contributed by atoms with E-state index in [0.717, 1.165) is 23.0 Å². The molecule has 0 aromatic carbocycles. The number of hydrogen-bond acceptors (Lipinski definition) is 4. The lowest BCUT2D eigenvalue weighted by Crippen LogP contribution is -2.31. The van der Waals surface area contributed by atoms with E-state index in [1.54, 1.807) is 6.07 Å². The van der Waals surface area contributed by atoms with E-state index in [1.807, 2.05) is 17.7 Å². The predicted octanol–water partition coefficient (Wildman–Crippen LogP) is 1.12. The van der Waals surface area contributed by atoms with Gasteiger partial charge in [0, 0.05) is 0 Å². The molecule has 3 rings (SSSR count). The van der Waals surface area contributed by atoms with Crippen molar-refractivity contribution in [3.05, 3.63) is 23.5 Å². The van der Waals surface area contributed by atoms with E-state index >= 15 is 0 Å². The van der Waals surface area contributed by atoms with Crippen LogP contribution >= 0.6 is 0 Å². The van der Waals surface area contributed by atoms with E-state index in [9.17, 15) is 4.79 Å². The second kappa shape index (κ2) is 3.38. The van der Waals surface area contributed by atoms with Crippen LogP contribution in [0.1, 0.15) is 22.2 Å². The molecular formula is C11H11N3O2. The number of aldehydes is 1. The summed E-state index contributed by atoms with van der Waals surface area (Å²) in [6.45, 7) is 3.30. The molecule has 0 N–H and O–H groups in total. The first-order valence-electron chi connectivity index (χ1n) is 5.18. The number of fused-ring (bicyclic) bond motifs is 1. The van der Waals surface area contributed by atoms with Crippen molar-refractivity contribution in [2.75, 3.05) is 13.2 Å². The van der Waals surface area contributed by atoms with Gasteiger partial charge in [0.2, 0.25) is 0 Å². The zero-order chi connectivity index (χ0) is 11.1. The summed E-state index contributed by atoms with van der Waals surface area (Å²) in [4.78, 5) is 14.9. The molecule has 0 amide bonds. The fourth-order valence-electron chi connectivity index (χ4n) is 1.89. The van der Waals surface area contributed by atoms with Crippen molar-refractivity contribution in [2.24, 2.45) is 0 Å². The number of nitrogens with zero attached hydrogens (tertiary/aromatic N) is 3. The van der Waals surface area contributed by atoms with Crippen LogP contribution in [0.5, 0.6) is 0 Å². The van der Waals surface area contributed by atoms with Crippen molar-refractivity contribution in [2.45, 2.75) is 13.0 Å². The van der Waals surface area contributed by atoms with Gasteiger partial charge >= 0.3 is 0 Å². The topological polar surface area (TPSA) is 57.0 Å². The van der Waals surface area contributed by atoms with Gasteiger partial charge in [-0.2, -0.15) is 5.10 Å². The van der Waals surface area contributed by atoms with Crippen molar-refractivity contribution in [1.82, 2.24) is 14.8 Å². The first-order valence-corrected chi connectivity index (χ1v) is 5.18. The number of aryl methyl sites for hydroxylation is 1. The number of carbonyl (C=O) groups is 1. The number of pyridine rings is 1. The summed E-state index contributed by atoms with van der Waals surface area (Å²) in [6, 6.07) is 3.91. The van der Waals surface area contributed by atoms with Crippen LogP contribution in [0.15, 0.2) is 12.1 Å². The molecule has 82 valence electrons. The summed E-state index contributed by atoms with van der Waals surface area (Å²) < 4.78 is 7.10. The Kier molecular flexibility index (Phi) is 2.00. The van der Waals surface area contributed by atoms with E-state index in [-0.39, 0.29) is 0 Å². The van der Waals surface area contributed by atoms with Gasteiger partial charge in [-0.25, -0.2) is 4.98 Å². The van der Waals surface area contributed by atoms with E-state index < -0.39 is 0 Å². The lowest BCUT2D eigenvalue weighted by Gasteiger charge is -2.26. The quantitative estimate of drug-likeness (QED) is 0.707. The molecule has 1 fully saturated rings. The SMILES string of the molecule is Cc1nn(C2COC2)c2ccc(C=O)nc12. The smallest absolute Gasteiger partial charge is 0.168 e. The molecule has 0 saturated carbocycles. The molecule has 0 unspecified atom stereocenters. The number of hydrogen-bond donors (Lipinski definition) is 0. The Hall–Kier alpha value is -1.75. The standard InChI is InChI=1S/C11H11N3O2/c1-7-11-10(3-2-8(4-15)12-11)14(13-7)9-5-16-6-9/h2-4,9H,5-6H2,1H3. The van der Waals surface area contributed by atoms with E-state index in [0.29, 0.717) is 24.9 Å². The van der Waals surface area contributed by atoms with Gasteiger partial charge in [-0.05, 0) is 19.1 Å². The highest BCUT2D eigenvalue weighted by Crippen LogP contribution is 2.24. The summed E-state index contributed by atoms with van der Waals surface area (Å²) in [5.41, 5.74) is 3.07. The van der Waals surface area contributed by atoms with Crippen LogP contribution in [0, 0.1) is 6.92 Å². The molecule has 0 radical (unpaired) electrons. The molecule has 0 aliphatic carbocycles. The average molecular weight is 217 g/mol. The van der Waals surface area contributed by atoms with Gasteiger partial charge in [-0.15, -0.1) is 0 Å². The van der Waals surface area contributed by atoms with Crippen LogP contribution in [0.4, 0.5) is 0 Å². The summed E-state index contributed by atoms with van der Waals surface area (Å²) in [5, 5.41) is 4.45. The molecule has 2 aromatic heterocycles. The molecule has 5 heteroatoms. The third kappa shape index (κ3) is 1.25. The minimum absolute atomic E-state index is 0.306. The first kappa shape index (κ1) is 9.47. The summed E-state index contributed by atoms with van der Waals surface area (Å²) in [5.74, 6) is 0. The predicted molar refractivity (Wildman–Crippen MR) is 57.5 cm³/mol. The van der Waals surface area contributed by atoms with Gasteiger partial charge in [0.05, 0.1) is 30.5 Å². The lowest BCUT2D eigenvalue weighted by molar-refractivity contribution is -0.0267. The molecule has 1 aliphatic rings. The van der Waals surface area contributed by atoms with Gasteiger partial charge in [0.1, 0.15) is 11.2 Å². The third-order valence-electron chi connectivity index (χ3n) is 2.83. The van der Waals surface area contributed by atoms with Crippen LogP contribution < -0.4 is 0 Å². The fourth-order valence-corrected chi connectivity index (χ4v) is 1.89. The minimum Gasteiger partial charge on any atom is -0.377 e. The van der Waals surface area contributed by atoms with Gasteiger partial charge < -0.3 is 4.74 Å². The summed E-state index contributed by atoms with van der Waals surface area (Å²) >= 11 is 0. The highest BCUT2D eigenvalue weighted by atomic mass is 16.5. The van der Waals surface area contributed by atoms with Crippen LogP contribution in [0.25, 0.3) is 11.0 Å². The third-order valence-corrected chi connectivity index (χ3v) is 2.83. The molecule has 5 nitrogen and oxygen atoms in total. The van der Waals surface area contributed by atoms with Crippen LogP contribution in [-0.4, -0.2) is 34.3 Å². The fraction of sp³-hybridized carbons (Fsp3) is 0.364. The number of rotatable bonds is 2. The normalized spacial score (nSPS) is 16.3. The Morgan fingerprint density at radius 3 is 2.94 bits per heavy atom. The zero-order valence-electron chi connectivity index (χ0n) is 8.88. The zero-order valence-corrected chi connectivity index (χ0v) is 8.88. The van der Waals surface area contributed by atoms with Crippen molar-refractivity contribution in [3.63, 3.8) is 0 Å². The average Bonchev–Trinajstić information content (AvgIpc) is 2.54. The Bertz CT molecular complexity index is 558.